The largest absolute Gasteiger partial charge is 0.329 e. The Hall–Kier alpha value is -0.520. The Balaban J connectivity index is 1.87. The first-order valence-electron chi connectivity index (χ1n) is 6.12. The Morgan fingerprint density at radius 2 is 2.18 bits per heavy atom. The molecule has 0 bridgehead atoms. The quantitative estimate of drug-likeness (QED) is 0.873. The number of likely N-dealkylation sites (tertiary alicyclic amines) is 1. The van der Waals surface area contributed by atoms with E-state index in [9.17, 15) is 0 Å². The van der Waals surface area contributed by atoms with E-state index in [1.807, 2.05) is 29.7 Å². The molecule has 0 spiro atoms. The van der Waals surface area contributed by atoms with Gasteiger partial charge in [0.05, 0.1) is 6.20 Å². The molecule has 2 heterocycles. The van der Waals surface area contributed by atoms with Crippen molar-refractivity contribution in [3.63, 3.8) is 0 Å². The molecule has 1 fully saturated rings. The van der Waals surface area contributed by atoms with Gasteiger partial charge in [-0.1, -0.05) is 0 Å². The average molecular weight is 254 g/mol. The van der Waals surface area contributed by atoms with Crippen molar-refractivity contribution in [2.24, 2.45) is 12.8 Å². The third-order valence-electron chi connectivity index (χ3n) is 3.74. The Morgan fingerprint density at radius 3 is 2.65 bits per heavy atom. The van der Waals surface area contributed by atoms with Crippen molar-refractivity contribution in [2.75, 3.05) is 25.9 Å². The van der Waals surface area contributed by atoms with Gasteiger partial charge in [0.25, 0.3) is 0 Å². The van der Waals surface area contributed by atoms with E-state index >= 15 is 0 Å². The van der Waals surface area contributed by atoms with Gasteiger partial charge in [0, 0.05) is 36.6 Å². The summed E-state index contributed by atoms with van der Waals surface area (Å²) in [5, 5.41) is 4.21. The van der Waals surface area contributed by atoms with E-state index in [4.69, 9.17) is 5.73 Å². The average Bonchev–Trinajstić information content (AvgIpc) is 2.76. The molecule has 2 rings (SSSR count). The second-order valence-electron chi connectivity index (χ2n) is 4.89. The van der Waals surface area contributed by atoms with Gasteiger partial charge in [-0.05, 0) is 32.2 Å². The number of aryl methyl sites for hydroxylation is 1. The summed E-state index contributed by atoms with van der Waals surface area (Å²) in [5.41, 5.74) is 7.20. The van der Waals surface area contributed by atoms with Crippen LogP contribution in [-0.4, -0.2) is 45.3 Å². The number of rotatable bonds is 4. The molecular weight excluding hydrogens is 232 g/mol. The minimum Gasteiger partial charge on any atom is -0.329 e. The topological polar surface area (TPSA) is 47.1 Å². The molecule has 2 N–H and O–H groups in total. The first-order chi connectivity index (χ1) is 8.17. The highest BCUT2D eigenvalue weighted by atomic mass is 32.2. The smallest absolute Gasteiger partial charge is 0.0534 e. The molecule has 17 heavy (non-hydrogen) atoms. The monoisotopic (exact) mass is 254 g/mol. The van der Waals surface area contributed by atoms with E-state index in [1.54, 1.807) is 0 Å². The number of piperidine rings is 1. The van der Waals surface area contributed by atoms with E-state index in [0.717, 1.165) is 26.2 Å². The molecule has 0 radical (unpaired) electrons. The predicted molar refractivity (Wildman–Crippen MR) is 73.0 cm³/mol. The molecular formula is C12H22N4S. The third-order valence-corrected chi connectivity index (χ3v) is 5.18. The maximum absolute atomic E-state index is 5.90. The Kier molecular flexibility index (Phi) is 4.12. The molecule has 5 heteroatoms. The highest BCUT2D eigenvalue weighted by Crippen LogP contribution is 2.33. The molecule has 1 aromatic rings. The van der Waals surface area contributed by atoms with Crippen molar-refractivity contribution in [3.8, 4) is 0 Å². The number of nitrogens with zero attached hydrogens (tertiary/aromatic N) is 3. The van der Waals surface area contributed by atoms with Gasteiger partial charge < -0.3 is 5.73 Å². The highest BCUT2D eigenvalue weighted by molar-refractivity contribution is 8.00. The Labute approximate surface area is 108 Å². The summed E-state index contributed by atoms with van der Waals surface area (Å²) in [4.78, 5) is 2.50. The molecule has 1 aromatic heterocycles. The summed E-state index contributed by atoms with van der Waals surface area (Å²) in [6.07, 6.45) is 8.64. The van der Waals surface area contributed by atoms with Crippen LogP contribution in [0.1, 0.15) is 18.4 Å². The first-order valence-corrected chi connectivity index (χ1v) is 7.35. The zero-order valence-corrected chi connectivity index (χ0v) is 11.5. The lowest BCUT2D eigenvalue weighted by atomic mass is 9.95. The fraction of sp³-hybridized carbons (Fsp3) is 0.750. The maximum Gasteiger partial charge on any atom is 0.0534 e. The number of hydrogen-bond acceptors (Lipinski definition) is 4. The number of hydrogen-bond donors (Lipinski definition) is 1. The van der Waals surface area contributed by atoms with Crippen LogP contribution in [0.2, 0.25) is 0 Å². The molecule has 1 aliphatic rings. The Morgan fingerprint density at radius 1 is 1.47 bits per heavy atom. The molecule has 96 valence electrons. The lowest BCUT2D eigenvalue weighted by Gasteiger charge is -2.39. The van der Waals surface area contributed by atoms with Crippen LogP contribution in [0.5, 0.6) is 0 Å². The van der Waals surface area contributed by atoms with Gasteiger partial charge in [-0.3, -0.25) is 9.58 Å². The molecule has 4 nitrogen and oxygen atoms in total. The van der Waals surface area contributed by atoms with Crippen LogP contribution in [0.15, 0.2) is 12.4 Å². The fourth-order valence-electron chi connectivity index (χ4n) is 2.42. The van der Waals surface area contributed by atoms with Crippen molar-refractivity contribution in [1.82, 2.24) is 14.7 Å². The molecule has 0 amide bonds. The van der Waals surface area contributed by atoms with Crippen LogP contribution < -0.4 is 5.73 Å². The van der Waals surface area contributed by atoms with E-state index in [1.165, 1.54) is 18.4 Å². The number of aromatic nitrogens is 2. The number of nitrogens with two attached hydrogens (primary N) is 1. The minimum absolute atomic E-state index is 0.325. The lowest BCUT2D eigenvalue weighted by Crippen LogP contribution is -2.46. The van der Waals surface area contributed by atoms with Gasteiger partial charge in [0.2, 0.25) is 0 Å². The summed E-state index contributed by atoms with van der Waals surface area (Å²) < 4.78 is 2.19. The van der Waals surface area contributed by atoms with E-state index in [2.05, 4.69) is 22.5 Å². The molecule has 0 unspecified atom stereocenters. The molecule has 0 aromatic carbocycles. The zero-order valence-electron chi connectivity index (χ0n) is 10.7. The van der Waals surface area contributed by atoms with Crippen molar-refractivity contribution >= 4 is 11.8 Å². The second-order valence-corrected chi connectivity index (χ2v) is 6.16. The van der Waals surface area contributed by atoms with E-state index in [0.29, 0.717) is 4.75 Å². The van der Waals surface area contributed by atoms with E-state index in [-0.39, 0.29) is 0 Å². The van der Waals surface area contributed by atoms with Crippen molar-refractivity contribution in [2.45, 2.75) is 24.1 Å². The summed E-state index contributed by atoms with van der Waals surface area (Å²) in [7, 11) is 1.97. The van der Waals surface area contributed by atoms with Gasteiger partial charge >= 0.3 is 0 Å². The summed E-state index contributed by atoms with van der Waals surface area (Å²) in [5.74, 6) is 0. The second kappa shape index (κ2) is 5.42. The maximum atomic E-state index is 5.90. The minimum atomic E-state index is 0.325. The number of thioether (sulfide) groups is 1. The summed E-state index contributed by atoms with van der Waals surface area (Å²) >= 11 is 1.94. The summed E-state index contributed by atoms with van der Waals surface area (Å²) in [6, 6.07) is 0. The molecule has 0 aliphatic carbocycles. The third kappa shape index (κ3) is 3.03. The van der Waals surface area contributed by atoms with Crippen LogP contribution in [0, 0.1) is 0 Å². The van der Waals surface area contributed by atoms with Crippen molar-refractivity contribution in [3.05, 3.63) is 18.0 Å². The standard InChI is InChI=1S/C12H22N4S/c1-15-8-11(7-14-15)9-16-5-3-12(10-13,17-2)4-6-16/h7-8H,3-6,9-10,13H2,1-2H3. The highest BCUT2D eigenvalue weighted by Gasteiger charge is 2.32. The van der Waals surface area contributed by atoms with Gasteiger partial charge in [-0.15, -0.1) is 0 Å². The lowest BCUT2D eigenvalue weighted by molar-refractivity contribution is 0.195. The zero-order chi connectivity index (χ0) is 12.3. The first kappa shape index (κ1) is 12.9. The van der Waals surface area contributed by atoms with Crippen LogP contribution in [0.4, 0.5) is 0 Å². The van der Waals surface area contributed by atoms with Crippen LogP contribution in [-0.2, 0) is 13.6 Å². The van der Waals surface area contributed by atoms with Crippen LogP contribution in [0.3, 0.4) is 0 Å². The normalized spacial score (nSPS) is 20.6. The molecule has 0 atom stereocenters. The van der Waals surface area contributed by atoms with Crippen LogP contribution in [0.25, 0.3) is 0 Å². The van der Waals surface area contributed by atoms with E-state index < -0.39 is 0 Å². The van der Waals surface area contributed by atoms with Gasteiger partial charge in [0.1, 0.15) is 0 Å². The molecule has 0 saturated carbocycles. The van der Waals surface area contributed by atoms with Gasteiger partial charge in [-0.2, -0.15) is 16.9 Å². The van der Waals surface area contributed by atoms with Crippen molar-refractivity contribution in [1.29, 1.82) is 0 Å². The molecule has 1 saturated heterocycles. The van der Waals surface area contributed by atoms with Crippen LogP contribution >= 0.6 is 11.8 Å². The SMILES string of the molecule is CSC1(CN)CCN(Cc2cnn(C)c2)CC1. The van der Waals surface area contributed by atoms with Gasteiger partial charge in [0.15, 0.2) is 0 Å². The van der Waals surface area contributed by atoms with Gasteiger partial charge in [-0.25, -0.2) is 0 Å². The predicted octanol–water partition coefficient (Wildman–Crippen LogP) is 1.08. The Bertz CT molecular complexity index is 349. The van der Waals surface area contributed by atoms with Crippen molar-refractivity contribution < 1.29 is 0 Å². The molecule has 1 aliphatic heterocycles. The summed E-state index contributed by atoms with van der Waals surface area (Å²) in [6.45, 7) is 4.11. The fourth-order valence-corrected chi connectivity index (χ4v) is 3.18.